The predicted molar refractivity (Wildman–Crippen MR) is 87.0 cm³/mol. The van der Waals surface area contributed by atoms with Crippen LogP contribution >= 0.6 is 0 Å². The van der Waals surface area contributed by atoms with Crippen LogP contribution in [0, 0.1) is 11.3 Å². The van der Waals surface area contributed by atoms with E-state index in [9.17, 15) is 14.4 Å². The Morgan fingerprint density at radius 2 is 2.17 bits per heavy atom. The molecular weight excluding hydrogens is 310 g/mol. The Balaban J connectivity index is 1.58. The van der Waals surface area contributed by atoms with Crippen LogP contribution in [0.3, 0.4) is 0 Å². The number of hydrogen-bond donors (Lipinski definition) is 3. The topological polar surface area (TPSA) is 96.5 Å². The number of nitrogens with one attached hydrogen (secondary N) is 3. The first-order chi connectivity index (χ1) is 11.5. The van der Waals surface area contributed by atoms with E-state index in [0.717, 1.165) is 25.8 Å². The van der Waals surface area contributed by atoms with Crippen LogP contribution in [-0.2, 0) is 19.1 Å². The SMILES string of the molecule is COC(=O)[C@H](C[C@@H]1CCCNC1=O)NC(=O)C1CC2(CCC2)CN1. The lowest BCUT2D eigenvalue weighted by atomic mass is 9.67. The second kappa shape index (κ2) is 7.09. The minimum Gasteiger partial charge on any atom is -0.467 e. The Morgan fingerprint density at radius 3 is 2.75 bits per heavy atom. The first kappa shape index (κ1) is 17.2. The van der Waals surface area contributed by atoms with Crippen LogP contribution in [-0.4, -0.2) is 50.1 Å². The number of carbonyl (C=O) groups excluding carboxylic acids is 3. The Kier molecular flexibility index (Phi) is 5.08. The minimum atomic E-state index is -0.768. The molecule has 0 bridgehead atoms. The average molecular weight is 337 g/mol. The summed E-state index contributed by atoms with van der Waals surface area (Å²) in [5, 5.41) is 8.90. The molecule has 2 amide bonds. The zero-order valence-electron chi connectivity index (χ0n) is 14.2. The summed E-state index contributed by atoms with van der Waals surface area (Å²) in [6.07, 6.45) is 6.33. The lowest BCUT2D eigenvalue weighted by Crippen LogP contribution is -2.50. The fraction of sp³-hybridized carbons (Fsp3) is 0.824. The van der Waals surface area contributed by atoms with Gasteiger partial charge in [-0.2, -0.15) is 0 Å². The Labute approximate surface area is 142 Å². The molecule has 7 nitrogen and oxygen atoms in total. The summed E-state index contributed by atoms with van der Waals surface area (Å²) >= 11 is 0. The van der Waals surface area contributed by atoms with Crippen molar-refractivity contribution in [3.05, 3.63) is 0 Å². The summed E-state index contributed by atoms with van der Waals surface area (Å²) in [6.45, 7) is 1.55. The molecule has 7 heteroatoms. The largest absolute Gasteiger partial charge is 0.467 e. The number of methoxy groups -OCH3 is 1. The van der Waals surface area contributed by atoms with Gasteiger partial charge in [0.25, 0.3) is 0 Å². The van der Waals surface area contributed by atoms with E-state index in [-0.39, 0.29) is 29.2 Å². The van der Waals surface area contributed by atoms with Crippen LogP contribution in [0.1, 0.15) is 44.9 Å². The van der Waals surface area contributed by atoms with Crippen LogP contribution < -0.4 is 16.0 Å². The number of carbonyl (C=O) groups is 3. The molecule has 24 heavy (non-hydrogen) atoms. The lowest BCUT2D eigenvalue weighted by molar-refractivity contribution is -0.146. The molecule has 2 saturated heterocycles. The van der Waals surface area contributed by atoms with E-state index in [0.29, 0.717) is 13.0 Å². The fourth-order valence-electron chi connectivity index (χ4n) is 4.13. The molecule has 1 spiro atoms. The molecule has 3 atom stereocenters. The molecule has 3 aliphatic rings. The van der Waals surface area contributed by atoms with Crippen molar-refractivity contribution in [2.75, 3.05) is 20.2 Å². The molecule has 0 radical (unpaired) electrons. The van der Waals surface area contributed by atoms with Gasteiger partial charge < -0.3 is 20.7 Å². The quantitative estimate of drug-likeness (QED) is 0.618. The normalized spacial score (nSPS) is 29.5. The lowest BCUT2D eigenvalue weighted by Gasteiger charge is -2.37. The summed E-state index contributed by atoms with van der Waals surface area (Å²) in [5.74, 6) is -0.946. The zero-order chi connectivity index (χ0) is 17.2. The van der Waals surface area contributed by atoms with Gasteiger partial charge in [0.2, 0.25) is 11.8 Å². The summed E-state index contributed by atoms with van der Waals surface area (Å²) in [6, 6.07) is -1.02. The van der Waals surface area contributed by atoms with E-state index in [2.05, 4.69) is 16.0 Å². The van der Waals surface area contributed by atoms with Crippen molar-refractivity contribution in [1.82, 2.24) is 16.0 Å². The monoisotopic (exact) mass is 337 g/mol. The van der Waals surface area contributed by atoms with Crippen molar-refractivity contribution in [1.29, 1.82) is 0 Å². The highest BCUT2D eigenvalue weighted by molar-refractivity contribution is 5.88. The zero-order valence-corrected chi connectivity index (χ0v) is 14.2. The van der Waals surface area contributed by atoms with E-state index >= 15 is 0 Å². The number of amides is 2. The summed E-state index contributed by atoms with van der Waals surface area (Å²) < 4.78 is 4.82. The van der Waals surface area contributed by atoms with Crippen LogP contribution in [0.2, 0.25) is 0 Å². The van der Waals surface area contributed by atoms with Crippen molar-refractivity contribution in [3.8, 4) is 0 Å². The van der Waals surface area contributed by atoms with Crippen molar-refractivity contribution in [2.45, 2.75) is 57.0 Å². The van der Waals surface area contributed by atoms with Gasteiger partial charge in [-0.3, -0.25) is 9.59 Å². The van der Waals surface area contributed by atoms with Gasteiger partial charge >= 0.3 is 5.97 Å². The standard InChI is InChI=1S/C17H27N3O4/c1-24-16(23)12(8-11-4-2-7-18-14(11)21)20-15(22)13-9-17(10-19-13)5-3-6-17/h11-13,19H,2-10H2,1H3,(H,18,21)(H,20,22)/t11-,12-,13?/m0/s1. The third-order valence-electron chi connectivity index (χ3n) is 5.81. The highest BCUT2D eigenvalue weighted by atomic mass is 16.5. The first-order valence-electron chi connectivity index (χ1n) is 8.92. The second-order valence-electron chi connectivity index (χ2n) is 7.44. The summed E-state index contributed by atoms with van der Waals surface area (Å²) in [5.41, 5.74) is 0.284. The van der Waals surface area contributed by atoms with E-state index < -0.39 is 12.0 Å². The number of ether oxygens (including phenoxy) is 1. The highest BCUT2D eigenvalue weighted by Crippen LogP contribution is 2.47. The van der Waals surface area contributed by atoms with Gasteiger partial charge in [0, 0.05) is 19.0 Å². The molecule has 2 heterocycles. The number of hydrogen-bond acceptors (Lipinski definition) is 5. The van der Waals surface area contributed by atoms with Gasteiger partial charge in [0.05, 0.1) is 13.2 Å². The molecule has 0 aromatic heterocycles. The molecule has 3 rings (SSSR count). The maximum atomic E-state index is 12.5. The highest BCUT2D eigenvalue weighted by Gasteiger charge is 2.46. The van der Waals surface area contributed by atoms with Gasteiger partial charge in [-0.05, 0) is 43.9 Å². The van der Waals surface area contributed by atoms with Crippen LogP contribution in [0.5, 0.6) is 0 Å². The molecule has 1 saturated carbocycles. The minimum absolute atomic E-state index is 0.0446. The van der Waals surface area contributed by atoms with Gasteiger partial charge in [0.1, 0.15) is 6.04 Å². The Morgan fingerprint density at radius 1 is 1.38 bits per heavy atom. The summed E-state index contributed by atoms with van der Waals surface area (Å²) in [4.78, 5) is 36.5. The van der Waals surface area contributed by atoms with Crippen LogP contribution in [0.25, 0.3) is 0 Å². The van der Waals surface area contributed by atoms with Gasteiger partial charge in [-0.15, -0.1) is 0 Å². The van der Waals surface area contributed by atoms with E-state index in [4.69, 9.17) is 4.74 Å². The second-order valence-corrected chi connectivity index (χ2v) is 7.44. The first-order valence-corrected chi connectivity index (χ1v) is 8.92. The predicted octanol–water partition coefficient (Wildman–Crippen LogP) is 0.0927. The van der Waals surface area contributed by atoms with Gasteiger partial charge in [-0.1, -0.05) is 6.42 Å². The molecule has 134 valence electrons. The van der Waals surface area contributed by atoms with Crippen LogP contribution in [0.15, 0.2) is 0 Å². The maximum Gasteiger partial charge on any atom is 0.328 e. The number of piperidine rings is 1. The van der Waals surface area contributed by atoms with E-state index in [1.165, 1.54) is 26.4 Å². The maximum absolute atomic E-state index is 12.5. The molecule has 0 aromatic carbocycles. The average Bonchev–Trinajstić information content (AvgIpc) is 3.01. The molecule has 0 aromatic rings. The molecule has 3 fully saturated rings. The molecule has 3 N–H and O–H groups in total. The molecule has 1 unspecified atom stereocenters. The summed E-state index contributed by atoms with van der Waals surface area (Å²) in [7, 11) is 1.31. The Hall–Kier alpha value is -1.63. The van der Waals surface area contributed by atoms with Gasteiger partial charge in [0.15, 0.2) is 0 Å². The van der Waals surface area contributed by atoms with E-state index in [1.807, 2.05) is 0 Å². The van der Waals surface area contributed by atoms with E-state index in [1.54, 1.807) is 0 Å². The number of rotatable bonds is 5. The van der Waals surface area contributed by atoms with Crippen LogP contribution in [0.4, 0.5) is 0 Å². The molecule has 2 aliphatic heterocycles. The van der Waals surface area contributed by atoms with Crippen molar-refractivity contribution < 1.29 is 19.1 Å². The van der Waals surface area contributed by atoms with Gasteiger partial charge in [-0.25, -0.2) is 4.79 Å². The third-order valence-corrected chi connectivity index (χ3v) is 5.81. The smallest absolute Gasteiger partial charge is 0.328 e. The third kappa shape index (κ3) is 3.55. The van der Waals surface area contributed by atoms with Crippen molar-refractivity contribution in [3.63, 3.8) is 0 Å². The fourth-order valence-corrected chi connectivity index (χ4v) is 4.13. The molecule has 1 aliphatic carbocycles. The number of esters is 1. The molecular formula is C17H27N3O4. The van der Waals surface area contributed by atoms with Crippen molar-refractivity contribution >= 4 is 17.8 Å². The Bertz CT molecular complexity index is 518. The van der Waals surface area contributed by atoms with Crippen molar-refractivity contribution in [2.24, 2.45) is 11.3 Å².